The van der Waals surface area contributed by atoms with E-state index in [0.717, 1.165) is 35.9 Å². The van der Waals surface area contributed by atoms with Gasteiger partial charge in [0.25, 0.3) is 0 Å². The standard InChI is InChI=1S/C14H21N5/c1-5-7-15-13-11(4)14(17-9-16-13)19-8-6-12(18-19)10(2)3/h6,8-10H,5,7H2,1-4H3,(H,15,16,17). The first kappa shape index (κ1) is 13.5. The molecule has 0 aliphatic carbocycles. The van der Waals surface area contributed by atoms with Crippen molar-refractivity contribution in [3.63, 3.8) is 0 Å². The number of nitrogens with zero attached hydrogens (tertiary/aromatic N) is 4. The topological polar surface area (TPSA) is 55.6 Å². The summed E-state index contributed by atoms with van der Waals surface area (Å²) in [6, 6.07) is 2.03. The van der Waals surface area contributed by atoms with Crippen molar-refractivity contribution in [3.8, 4) is 5.82 Å². The van der Waals surface area contributed by atoms with Gasteiger partial charge in [0.2, 0.25) is 0 Å². The van der Waals surface area contributed by atoms with E-state index in [4.69, 9.17) is 0 Å². The molecule has 19 heavy (non-hydrogen) atoms. The minimum atomic E-state index is 0.418. The molecule has 0 aliphatic rings. The van der Waals surface area contributed by atoms with Gasteiger partial charge in [0.15, 0.2) is 5.82 Å². The van der Waals surface area contributed by atoms with E-state index in [2.05, 4.69) is 41.2 Å². The second-order valence-electron chi connectivity index (χ2n) is 4.94. The number of hydrogen-bond donors (Lipinski definition) is 1. The smallest absolute Gasteiger partial charge is 0.161 e. The zero-order valence-corrected chi connectivity index (χ0v) is 12.0. The quantitative estimate of drug-likeness (QED) is 0.897. The van der Waals surface area contributed by atoms with E-state index in [1.807, 2.05) is 23.9 Å². The van der Waals surface area contributed by atoms with Gasteiger partial charge >= 0.3 is 0 Å². The summed E-state index contributed by atoms with van der Waals surface area (Å²) in [4.78, 5) is 8.62. The first-order chi connectivity index (χ1) is 9.13. The van der Waals surface area contributed by atoms with Crippen LogP contribution in [0, 0.1) is 6.92 Å². The molecule has 0 aromatic carbocycles. The normalized spacial score (nSPS) is 11.0. The molecular formula is C14H21N5. The molecule has 0 atom stereocenters. The molecule has 102 valence electrons. The van der Waals surface area contributed by atoms with Crippen LogP contribution in [0.3, 0.4) is 0 Å². The van der Waals surface area contributed by atoms with Crippen LogP contribution in [0.2, 0.25) is 0 Å². The second-order valence-corrected chi connectivity index (χ2v) is 4.94. The van der Waals surface area contributed by atoms with Crippen molar-refractivity contribution in [1.29, 1.82) is 0 Å². The Morgan fingerprint density at radius 1 is 1.32 bits per heavy atom. The Morgan fingerprint density at radius 3 is 2.74 bits per heavy atom. The zero-order chi connectivity index (χ0) is 13.8. The minimum Gasteiger partial charge on any atom is -0.370 e. The molecule has 0 fully saturated rings. The summed E-state index contributed by atoms with van der Waals surface area (Å²) in [7, 11) is 0. The Labute approximate surface area is 114 Å². The summed E-state index contributed by atoms with van der Waals surface area (Å²) in [5.74, 6) is 2.13. The largest absolute Gasteiger partial charge is 0.370 e. The van der Waals surface area contributed by atoms with E-state index in [1.165, 1.54) is 0 Å². The van der Waals surface area contributed by atoms with Crippen LogP contribution >= 0.6 is 0 Å². The number of aromatic nitrogens is 4. The van der Waals surface area contributed by atoms with Crippen molar-refractivity contribution in [2.45, 2.75) is 40.0 Å². The van der Waals surface area contributed by atoms with Gasteiger partial charge in [-0.3, -0.25) is 0 Å². The monoisotopic (exact) mass is 259 g/mol. The molecule has 0 spiro atoms. The summed E-state index contributed by atoms with van der Waals surface area (Å²) in [6.45, 7) is 9.33. The molecule has 5 heteroatoms. The van der Waals surface area contributed by atoms with Gasteiger partial charge in [-0.15, -0.1) is 0 Å². The van der Waals surface area contributed by atoms with Crippen LogP contribution < -0.4 is 5.32 Å². The highest BCUT2D eigenvalue weighted by Crippen LogP contribution is 2.19. The van der Waals surface area contributed by atoms with Crippen molar-refractivity contribution in [3.05, 3.63) is 29.8 Å². The summed E-state index contributed by atoms with van der Waals surface area (Å²) >= 11 is 0. The molecule has 2 rings (SSSR count). The van der Waals surface area contributed by atoms with Gasteiger partial charge in [-0.1, -0.05) is 20.8 Å². The molecule has 0 amide bonds. The average Bonchev–Trinajstić information content (AvgIpc) is 2.87. The van der Waals surface area contributed by atoms with E-state index in [0.29, 0.717) is 5.92 Å². The van der Waals surface area contributed by atoms with Gasteiger partial charge < -0.3 is 5.32 Å². The highest BCUT2D eigenvalue weighted by molar-refractivity contribution is 5.50. The van der Waals surface area contributed by atoms with E-state index in [9.17, 15) is 0 Å². The maximum atomic E-state index is 4.56. The summed E-state index contributed by atoms with van der Waals surface area (Å²) < 4.78 is 1.82. The molecule has 0 bridgehead atoms. The SMILES string of the molecule is CCCNc1ncnc(-n2ccc(C(C)C)n2)c1C. The third kappa shape index (κ3) is 2.92. The van der Waals surface area contributed by atoms with Crippen LogP contribution in [0.15, 0.2) is 18.6 Å². The highest BCUT2D eigenvalue weighted by atomic mass is 15.3. The Bertz CT molecular complexity index is 545. The van der Waals surface area contributed by atoms with Crippen molar-refractivity contribution < 1.29 is 0 Å². The Balaban J connectivity index is 2.33. The third-order valence-electron chi connectivity index (χ3n) is 3.02. The lowest BCUT2D eigenvalue weighted by Gasteiger charge is -2.10. The van der Waals surface area contributed by atoms with Crippen molar-refractivity contribution in [2.75, 3.05) is 11.9 Å². The molecule has 0 radical (unpaired) electrons. The molecule has 2 aromatic heterocycles. The van der Waals surface area contributed by atoms with E-state index >= 15 is 0 Å². The van der Waals surface area contributed by atoms with Crippen molar-refractivity contribution in [1.82, 2.24) is 19.7 Å². The molecule has 0 unspecified atom stereocenters. The van der Waals surface area contributed by atoms with Crippen molar-refractivity contribution in [2.24, 2.45) is 0 Å². The van der Waals surface area contributed by atoms with Crippen molar-refractivity contribution >= 4 is 5.82 Å². The van der Waals surface area contributed by atoms with Crippen LogP contribution in [-0.2, 0) is 0 Å². The van der Waals surface area contributed by atoms with Crippen LogP contribution in [-0.4, -0.2) is 26.3 Å². The van der Waals surface area contributed by atoms with E-state index < -0.39 is 0 Å². The minimum absolute atomic E-state index is 0.418. The molecule has 5 nitrogen and oxygen atoms in total. The third-order valence-corrected chi connectivity index (χ3v) is 3.02. The van der Waals surface area contributed by atoms with Crippen LogP contribution in [0.1, 0.15) is 44.4 Å². The molecule has 0 saturated heterocycles. The number of anilines is 1. The lowest BCUT2D eigenvalue weighted by atomic mass is 10.1. The summed E-state index contributed by atoms with van der Waals surface area (Å²) in [5.41, 5.74) is 2.09. The highest BCUT2D eigenvalue weighted by Gasteiger charge is 2.11. The Kier molecular flexibility index (Phi) is 4.14. The predicted molar refractivity (Wildman–Crippen MR) is 76.8 cm³/mol. The van der Waals surface area contributed by atoms with Crippen LogP contribution in [0.5, 0.6) is 0 Å². The van der Waals surface area contributed by atoms with Gasteiger partial charge in [0.1, 0.15) is 12.1 Å². The van der Waals surface area contributed by atoms with Crippen LogP contribution in [0.4, 0.5) is 5.82 Å². The fourth-order valence-electron chi connectivity index (χ4n) is 1.86. The molecule has 1 N–H and O–H groups in total. The second kappa shape index (κ2) is 5.82. The first-order valence-electron chi connectivity index (χ1n) is 6.75. The van der Waals surface area contributed by atoms with Gasteiger partial charge in [-0.2, -0.15) is 5.10 Å². The van der Waals surface area contributed by atoms with E-state index in [1.54, 1.807) is 6.33 Å². The average molecular weight is 259 g/mol. The number of hydrogen-bond acceptors (Lipinski definition) is 4. The fourth-order valence-corrected chi connectivity index (χ4v) is 1.86. The first-order valence-corrected chi connectivity index (χ1v) is 6.75. The molecule has 0 aliphatic heterocycles. The maximum absolute atomic E-state index is 4.56. The molecular weight excluding hydrogens is 238 g/mol. The maximum Gasteiger partial charge on any atom is 0.161 e. The van der Waals surface area contributed by atoms with Crippen LogP contribution in [0.25, 0.3) is 5.82 Å². The number of rotatable bonds is 5. The molecule has 0 saturated carbocycles. The summed E-state index contributed by atoms with van der Waals surface area (Å²) in [5, 5.41) is 7.87. The lowest BCUT2D eigenvalue weighted by Crippen LogP contribution is -2.09. The zero-order valence-electron chi connectivity index (χ0n) is 12.0. The van der Waals surface area contributed by atoms with E-state index in [-0.39, 0.29) is 0 Å². The van der Waals surface area contributed by atoms with Gasteiger partial charge in [0.05, 0.1) is 5.69 Å². The van der Waals surface area contributed by atoms with Gasteiger partial charge in [0, 0.05) is 18.3 Å². The number of nitrogens with one attached hydrogen (secondary N) is 1. The Hall–Kier alpha value is -1.91. The fraction of sp³-hybridized carbons (Fsp3) is 0.500. The summed E-state index contributed by atoms with van der Waals surface area (Å²) in [6.07, 6.45) is 4.60. The Morgan fingerprint density at radius 2 is 2.11 bits per heavy atom. The molecule has 2 heterocycles. The van der Waals surface area contributed by atoms with Gasteiger partial charge in [-0.25, -0.2) is 14.6 Å². The predicted octanol–water partition coefficient (Wildman–Crippen LogP) is 2.92. The lowest BCUT2D eigenvalue weighted by molar-refractivity contribution is 0.752. The van der Waals surface area contributed by atoms with Gasteiger partial charge in [-0.05, 0) is 25.3 Å². The molecule has 2 aromatic rings.